The number of hydrogen-bond acceptors (Lipinski definition) is 6. The molecule has 6 nitrogen and oxygen atoms in total. The summed E-state index contributed by atoms with van der Waals surface area (Å²) < 4.78 is 16.2. The van der Waals surface area contributed by atoms with Gasteiger partial charge in [-0.1, -0.05) is 50.3 Å². The van der Waals surface area contributed by atoms with Crippen molar-refractivity contribution in [2.75, 3.05) is 6.61 Å². The van der Waals surface area contributed by atoms with E-state index in [2.05, 4.69) is 0 Å². The van der Waals surface area contributed by atoms with E-state index in [0.29, 0.717) is 6.42 Å². The monoisotopic (exact) mass is 404 g/mol. The molecule has 0 amide bonds. The van der Waals surface area contributed by atoms with E-state index in [0.717, 1.165) is 5.56 Å². The zero-order valence-electron chi connectivity index (χ0n) is 18.1. The smallest absolute Gasteiger partial charge is 0.303 e. The molecule has 0 bridgehead atoms. The summed E-state index contributed by atoms with van der Waals surface area (Å²) in [4.78, 5) is 34.5. The minimum absolute atomic E-state index is 0.141. The molecule has 0 aliphatic heterocycles. The van der Waals surface area contributed by atoms with Crippen LogP contribution in [0.1, 0.15) is 53.5 Å². The fourth-order valence-corrected chi connectivity index (χ4v) is 3.39. The fourth-order valence-electron chi connectivity index (χ4n) is 3.39. The second-order valence-electron chi connectivity index (χ2n) is 7.69. The zero-order valence-corrected chi connectivity index (χ0v) is 18.1. The van der Waals surface area contributed by atoms with Gasteiger partial charge in [0.2, 0.25) is 0 Å². The highest BCUT2D eigenvalue weighted by molar-refractivity contribution is 5.67. The largest absolute Gasteiger partial charge is 0.465 e. The van der Waals surface area contributed by atoms with Gasteiger partial charge in [0.15, 0.2) is 0 Å². The first kappa shape index (κ1) is 24.4. The predicted molar refractivity (Wildman–Crippen MR) is 111 cm³/mol. The lowest BCUT2D eigenvalue weighted by molar-refractivity contribution is -0.161. The molecule has 0 aromatic heterocycles. The molecule has 0 spiro atoms. The molecular weight excluding hydrogens is 372 g/mol. The molecule has 0 fully saturated rings. The highest BCUT2D eigenvalue weighted by Crippen LogP contribution is 2.30. The van der Waals surface area contributed by atoms with Crippen LogP contribution in [-0.4, -0.2) is 36.2 Å². The Morgan fingerprint density at radius 2 is 1.59 bits per heavy atom. The highest BCUT2D eigenvalue weighted by Gasteiger charge is 2.34. The molecule has 1 aromatic carbocycles. The van der Waals surface area contributed by atoms with Crippen LogP contribution < -0.4 is 0 Å². The first-order valence-corrected chi connectivity index (χ1v) is 9.77. The van der Waals surface area contributed by atoms with Gasteiger partial charge in [-0.2, -0.15) is 0 Å². The second kappa shape index (κ2) is 11.4. The number of rotatable bonds is 10. The van der Waals surface area contributed by atoms with Gasteiger partial charge >= 0.3 is 17.9 Å². The summed E-state index contributed by atoms with van der Waals surface area (Å²) in [5.41, 5.74) is 0.0963. The number of ether oxygens (including phenoxy) is 3. The van der Waals surface area contributed by atoms with E-state index < -0.39 is 23.6 Å². The van der Waals surface area contributed by atoms with Crippen molar-refractivity contribution in [2.45, 2.75) is 59.7 Å². The molecule has 4 atom stereocenters. The van der Waals surface area contributed by atoms with E-state index in [1.807, 2.05) is 63.3 Å². The molecule has 0 N–H and O–H groups in total. The van der Waals surface area contributed by atoms with Crippen LogP contribution in [-0.2, 0) is 28.6 Å². The maximum Gasteiger partial charge on any atom is 0.303 e. The number of carbonyl (C=O) groups is 3. The molecule has 1 rings (SSSR count). The Hall–Kier alpha value is -2.63. The summed E-state index contributed by atoms with van der Waals surface area (Å²) in [6.45, 7) is 9.80. The molecule has 0 aliphatic rings. The average molecular weight is 405 g/mol. The molecule has 0 saturated heterocycles. The molecule has 0 saturated carbocycles. The molecule has 0 aliphatic carbocycles. The summed E-state index contributed by atoms with van der Waals surface area (Å²) in [5, 5.41) is 0. The van der Waals surface area contributed by atoms with Crippen LogP contribution in [0.25, 0.3) is 6.08 Å². The first-order chi connectivity index (χ1) is 13.5. The first-order valence-electron chi connectivity index (χ1n) is 9.77. The van der Waals surface area contributed by atoms with Gasteiger partial charge in [0, 0.05) is 26.7 Å². The van der Waals surface area contributed by atoms with E-state index in [9.17, 15) is 14.4 Å². The van der Waals surface area contributed by atoms with Crippen LogP contribution in [0.4, 0.5) is 0 Å². The standard InChI is InChI=1S/C23H32O6/c1-16(22(28-19(4)25)17(2)15-27-18(3)24)14-23(6,29-20(5)26)13-12-21-10-8-7-9-11-21/h7-13,16-17,22H,14-15H2,1-6H3/b13-12-/t16-,17-,22-,23+/m0/s1. The number of hydrogen-bond donors (Lipinski definition) is 0. The predicted octanol–water partition coefficient (Wildman–Crippen LogP) is 4.18. The quantitative estimate of drug-likeness (QED) is 0.430. The van der Waals surface area contributed by atoms with E-state index in [1.165, 1.54) is 20.8 Å². The van der Waals surface area contributed by atoms with Crippen molar-refractivity contribution in [3.8, 4) is 0 Å². The topological polar surface area (TPSA) is 78.9 Å². The molecular formula is C23H32O6. The zero-order chi connectivity index (χ0) is 22.0. The third-order valence-electron chi connectivity index (χ3n) is 4.51. The Balaban J connectivity index is 3.02. The summed E-state index contributed by atoms with van der Waals surface area (Å²) in [7, 11) is 0. The van der Waals surface area contributed by atoms with Gasteiger partial charge < -0.3 is 14.2 Å². The molecule has 6 heteroatoms. The summed E-state index contributed by atoms with van der Waals surface area (Å²) in [6.07, 6.45) is 3.69. The van der Waals surface area contributed by atoms with Crippen LogP contribution >= 0.6 is 0 Å². The number of esters is 3. The molecule has 29 heavy (non-hydrogen) atoms. The fraction of sp³-hybridized carbons (Fsp3) is 0.522. The van der Waals surface area contributed by atoms with Crippen molar-refractivity contribution in [3.05, 3.63) is 42.0 Å². The van der Waals surface area contributed by atoms with Crippen LogP contribution in [0.3, 0.4) is 0 Å². The van der Waals surface area contributed by atoms with Crippen molar-refractivity contribution in [1.82, 2.24) is 0 Å². The van der Waals surface area contributed by atoms with Crippen molar-refractivity contribution in [2.24, 2.45) is 11.8 Å². The maximum absolute atomic E-state index is 11.7. The summed E-state index contributed by atoms with van der Waals surface area (Å²) in [6, 6.07) is 9.70. The van der Waals surface area contributed by atoms with E-state index in [1.54, 1.807) is 0 Å². The highest BCUT2D eigenvalue weighted by atomic mass is 16.6. The summed E-state index contributed by atoms with van der Waals surface area (Å²) >= 11 is 0. The van der Waals surface area contributed by atoms with Gasteiger partial charge in [-0.15, -0.1) is 0 Å². The molecule has 1 aromatic rings. The minimum atomic E-state index is -0.888. The van der Waals surface area contributed by atoms with Gasteiger partial charge in [0.25, 0.3) is 0 Å². The van der Waals surface area contributed by atoms with Gasteiger partial charge in [0.1, 0.15) is 11.7 Å². The van der Waals surface area contributed by atoms with Crippen molar-refractivity contribution in [1.29, 1.82) is 0 Å². The Kier molecular flexibility index (Phi) is 9.59. The van der Waals surface area contributed by atoms with Crippen LogP contribution in [0.2, 0.25) is 0 Å². The van der Waals surface area contributed by atoms with Crippen molar-refractivity contribution < 1.29 is 28.6 Å². The lowest BCUT2D eigenvalue weighted by Gasteiger charge is -2.34. The number of carbonyl (C=O) groups excluding carboxylic acids is 3. The van der Waals surface area contributed by atoms with E-state index >= 15 is 0 Å². The number of benzene rings is 1. The molecule has 160 valence electrons. The Morgan fingerprint density at radius 1 is 0.966 bits per heavy atom. The minimum Gasteiger partial charge on any atom is -0.465 e. The Labute approximate surface area is 173 Å². The molecule has 0 heterocycles. The van der Waals surface area contributed by atoms with Crippen LogP contribution in [0.5, 0.6) is 0 Å². The Morgan fingerprint density at radius 3 is 2.10 bits per heavy atom. The molecule has 0 unspecified atom stereocenters. The van der Waals surface area contributed by atoms with Gasteiger partial charge in [-0.25, -0.2) is 0 Å². The third-order valence-corrected chi connectivity index (χ3v) is 4.51. The van der Waals surface area contributed by atoms with Gasteiger partial charge in [0.05, 0.1) is 6.61 Å². The van der Waals surface area contributed by atoms with Gasteiger partial charge in [-0.05, 0) is 30.9 Å². The second-order valence-corrected chi connectivity index (χ2v) is 7.69. The summed E-state index contributed by atoms with van der Waals surface area (Å²) in [5.74, 6) is -1.56. The van der Waals surface area contributed by atoms with E-state index in [4.69, 9.17) is 14.2 Å². The van der Waals surface area contributed by atoms with Gasteiger partial charge in [-0.3, -0.25) is 14.4 Å². The van der Waals surface area contributed by atoms with Crippen LogP contribution in [0.15, 0.2) is 36.4 Å². The maximum atomic E-state index is 11.7. The molecule has 0 radical (unpaired) electrons. The average Bonchev–Trinajstić information content (AvgIpc) is 2.62. The normalized spacial score (nSPS) is 16.3. The van der Waals surface area contributed by atoms with Crippen LogP contribution in [0, 0.1) is 11.8 Å². The Bertz CT molecular complexity index is 711. The SMILES string of the molecule is CC(=O)OC[C@H](C)[C@@H](OC(C)=O)[C@@H](C)C[C@@](C)(/C=C\c1ccccc1)OC(C)=O. The van der Waals surface area contributed by atoms with E-state index in [-0.39, 0.29) is 24.4 Å². The lowest BCUT2D eigenvalue weighted by atomic mass is 9.84. The lowest BCUT2D eigenvalue weighted by Crippen LogP contribution is -2.39. The van der Waals surface area contributed by atoms with Crippen molar-refractivity contribution >= 4 is 24.0 Å². The third kappa shape index (κ3) is 9.41. The van der Waals surface area contributed by atoms with Crippen molar-refractivity contribution in [3.63, 3.8) is 0 Å².